The highest BCUT2D eigenvalue weighted by Crippen LogP contribution is 2.26. The number of sulfonamides is 1. The molecule has 0 unspecified atom stereocenters. The SMILES string of the molecule is COc1ccccc1NS(=O)(=O)c1cccc(C(=O)NNC(=O)CCCN2C(=O)c3ccccc3C2=O)c1. The Bertz CT molecular complexity index is 1490. The zero-order valence-electron chi connectivity index (χ0n) is 20.3. The number of hydrogen-bond acceptors (Lipinski definition) is 7. The fourth-order valence-electron chi connectivity index (χ4n) is 3.84. The van der Waals surface area contributed by atoms with Crippen LogP contribution in [0.15, 0.2) is 77.7 Å². The number of fused-ring (bicyclic) bond motifs is 1. The van der Waals surface area contributed by atoms with Crippen molar-refractivity contribution in [3.63, 3.8) is 0 Å². The largest absolute Gasteiger partial charge is 0.495 e. The van der Waals surface area contributed by atoms with Crippen LogP contribution in [0, 0.1) is 0 Å². The quantitative estimate of drug-likeness (QED) is 0.280. The molecule has 196 valence electrons. The molecule has 1 aliphatic heterocycles. The van der Waals surface area contributed by atoms with Crippen LogP contribution in [0.2, 0.25) is 0 Å². The van der Waals surface area contributed by atoms with Gasteiger partial charge in [0.15, 0.2) is 0 Å². The molecule has 4 rings (SSSR count). The Morgan fingerprint density at radius 2 is 1.53 bits per heavy atom. The number of nitrogens with one attached hydrogen (secondary N) is 3. The summed E-state index contributed by atoms with van der Waals surface area (Å²) in [6.07, 6.45) is 0.125. The second-order valence-electron chi connectivity index (χ2n) is 8.25. The van der Waals surface area contributed by atoms with Gasteiger partial charge in [-0.25, -0.2) is 8.42 Å². The van der Waals surface area contributed by atoms with Crippen molar-refractivity contribution >= 4 is 39.3 Å². The summed E-state index contributed by atoms with van der Waals surface area (Å²) >= 11 is 0. The van der Waals surface area contributed by atoms with E-state index in [-0.39, 0.29) is 35.5 Å². The molecule has 0 spiro atoms. The molecular formula is C26H24N4O7S. The Morgan fingerprint density at radius 3 is 2.21 bits per heavy atom. The van der Waals surface area contributed by atoms with Crippen LogP contribution in [-0.2, 0) is 14.8 Å². The number of hydrazine groups is 1. The van der Waals surface area contributed by atoms with Crippen LogP contribution in [0.1, 0.15) is 43.9 Å². The van der Waals surface area contributed by atoms with E-state index in [1.54, 1.807) is 42.5 Å². The molecular weight excluding hydrogens is 512 g/mol. The molecule has 11 nitrogen and oxygen atoms in total. The van der Waals surface area contributed by atoms with Gasteiger partial charge in [-0.3, -0.25) is 39.7 Å². The first kappa shape index (κ1) is 26.4. The summed E-state index contributed by atoms with van der Waals surface area (Å²) in [7, 11) is -2.63. The van der Waals surface area contributed by atoms with E-state index < -0.39 is 33.7 Å². The number of benzene rings is 3. The van der Waals surface area contributed by atoms with Crippen LogP contribution in [0.5, 0.6) is 5.75 Å². The van der Waals surface area contributed by atoms with E-state index in [1.165, 1.54) is 37.4 Å². The first-order chi connectivity index (χ1) is 18.2. The number of methoxy groups -OCH3 is 1. The Balaban J connectivity index is 1.29. The molecule has 3 aromatic rings. The van der Waals surface area contributed by atoms with Crippen molar-refractivity contribution in [1.29, 1.82) is 0 Å². The minimum atomic E-state index is -4.04. The van der Waals surface area contributed by atoms with E-state index in [4.69, 9.17) is 4.74 Å². The van der Waals surface area contributed by atoms with Crippen molar-refractivity contribution in [3.05, 3.63) is 89.5 Å². The average molecular weight is 537 g/mol. The predicted molar refractivity (Wildman–Crippen MR) is 137 cm³/mol. The van der Waals surface area contributed by atoms with E-state index in [0.29, 0.717) is 16.9 Å². The lowest BCUT2D eigenvalue weighted by Gasteiger charge is -2.14. The highest BCUT2D eigenvalue weighted by atomic mass is 32.2. The van der Waals surface area contributed by atoms with Gasteiger partial charge in [-0.2, -0.15) is 0 Å². The monoisotopic (exact) mass is 536 g/mol. The third-order valence-corrected chi connectivity index (χ3v) is 7.10. The van der Waals surface area contributed by atoms with E-state index in [1.807, 2.05) is 0 Å². The molecule has 12 heteroatoms. The standard InChI is InChI=1S/C26H24N4O7S/c1-37-22-13-5-4-12-21(22)29-38(35,36)18-9-6-8-17(16-18)24(32)28-27-23(31)14-7-15-30-25(33)19-10-2-3-11-20(19)26(30)34/h2-6,8-13,16,29H,7,14-15H2,1H3,(H,27,31)(H,28,32). The summed E-state index contributed by atoms with van der Waals surface area (Å²) < 4.78 is 33.3. The maximum Gasteiger partial charge on any atom is 0.269 e. The molecule has 1 heterocycles. The number of para-hydroxylation sites is 2. The lowest BCUT2D eigenvalue weighted by molar-refractivity contribution is -0.122. The van der Waals surface area contributed by atoms with Crippen molar-refractivity contribution in [1.82, 2.24) is 15.8 Å². The lowest BCUT2D eigenvalue weighted by Crippen LogP contribution is -2.42. The Hall–Kier alpha value is -4.71. The molecule has 0 atom stereocenters. The molecule has 38 heavy (non-hydrogen) atoms. The highest BCUT2D eigenvalue weighted by Gasteiger charge is 2.34. The Morgan fingerprint density at radius 1 is 0.868 bits per heavy atom. The molecule has 0 aromatic heterocycles. The van der Waals surface area contributed by atoms with E-state index in [0.717, 1.165) is 4.90 Å². The van der Waals surface area contributed by atoms with E-state index in [9.17, 15) is 27.6 Å². The fourth-order valence-corrected chi connectivity index (χ4v) is 4.95. The summed E-state index contributed by atoms with van der Waals surface area (Å²) in [5.41, 5.74) is 5.38. The number of anilines is 1. The predicted octanol–water partition coefficient (Wildman–Crippen LogP) is 2.33. The van der Waals surface area contributed by atoms with Gasteiger partial charge in [0.05, 0.1) is 28.8 Å². The molecule has 0 saturated heterocycles. The fraction of sp³-hybridized carbons (Fsp3) is 0.154. The summed E-state index contributed by atoms with van der Waals surface area (Å²) in [4.78, 5) is 50.4. The van der Waals surface area contributed by atoms with Gasteiger partial charge in [-0.1, -0.05) is 30.3 Å². The normalized spacial score (nSPS) is 12.6. The van der Waals surface area contributed by atoms with Crippen molar-refractivity contribution in [3.8, 4) is 5.75 Å². The molecule has 0 radical (unpaired) electrons. The zero-order chi connectivity index (χ0) is 27.3. The number of ether oxygens (including phenoxy) is 1. The molecule has 3 aromatic carbocycles. The second kappa shape index (κ2) is 11.1. The van der Waals surface area contributed by atoms with Crippen LogP contribution in [0.4, 0.5) is 5.69 Å². The van der Waals surface area contributed by atoms with Crippen LogP contribution in [0.3, 0.4) is 0 Å². The first-order valence-corrected chi connectivity index (χ1v) is 13.0. The van der Waals surface area contributed by atoms with Gasteiger partial charge in [-0.05, 0) is 48.9 Å². The van der Waals surface area contributed by atoms with Crippen molar-refractivity contribution in [2.45, 2.75) is 17.7 Å². The number of amides is 4. The number of carbonyl (C=O) groups excluding carboxylic acids is 4. The molecule has 3 N–H and O–H groups in total. The van der Waals surface area contributed by atoms with Gasteiger partial charge in [-0.15, -0.1) is 0 Å². The van der Waals surface area contributed by atoms with Crippen LogP contribution in [0.25, 0.3) is 0 Å². The van der Waals surface area contributed by atoms with Gasteiger partial charge in [0, 0.05) is 18.5 Å². The highest BCUT2D eigenvalue weighted by molar-refractivity contribution is 7.92. The molecule has 1 aliphatic rings. The summed E-state index contributed by atoms with van der Waals surface area (Å²) in [6, 6.07) is 18.3. The number of hydrogen-bond donors (Lipinski definition) is 3. The number of carbonyl (C=O) groups is 4. The molecule has 4 amide bonds. The summed E-state index contributed by atoms with van der Waals surface area (Å²) in [5.74, 6) is -1.76. The average Bonchev–Trinajstić information content (AvgIpc) is 3.17. The third kappa shape index (κ3) is 5.65. The summed E-state index contributed by atoms with van der Waals surface area (Å²) in [5, 5.41) is 0. The maximum atomic E-state index is 12.8. The second-order valence-corrected chi connectivity index (χ2v) is 9.93. The van der Waals surface area contributed by atoms with E-state index >= 15 is 0 Å². The number of nitrogens with zero attached hydrogens (tertiary/aromatic N) is 1. The maximum absolute atomic E-state index is 12.8. The van der Waals surface area contributed by atoms with Crippen LogP contribution < -0.4 is 20.3 Å². The minimum Gasteiger partial charge on any atom is -0.495 e. The topological polar surface area (TPSA) is 151 Å². The first-order valence-electron chi connectivity index (χ1n) is 11.5. The number of rotatable bonds is 9. The molecule has 0 aliphatic carbocycles. The Labute approximate surface area is 218 Å². The Kier molecular flexibility index (Phi) is 7.72. The third-order valence-electron chi connectivity index (χ3n) is 5.74. The lowest BCUT2D eigenvalue weighted by atomic mass is 10.1. The smallest absolute Gasteiger partial charge is 0.269 e. The van der Waals surface area contributed by atoms with Crippen molar-refractivity contribution < 1.29 is 32.3 Å². The van der Waals surface area contributed by atoms with Gasteiger partial charge in [0.2, 0.25) is 5.91 Å². The summed E-state index contributed by atoms with van der Waals surface area (Å²) in [6.45, 7) is 0.0484. The van der Waals surface area contributed by atoms with Crippen molar-refractivity contribution in [2.75, 3.05) is 18.4 Å². The number of imide groups is 1. The van der Waals surface area contributed by atoms with E-state index in [2.05, 4.69) is 15.6 Å². The van der Waals surface area contributed by atoms with Crippen LogP contribution in [-0.4, -0.2) is 50.6 Å². The van der Waals surface area contributed by atoms with Gasteiger partial charge >= 0.3 is 0 Å². The minimum absolute atomic E-state index is 0.000716. The van der Waals surface area contributed by atoms with Gasteiger partial charge in [0.1, 0.15) is 5.75 Å². The van der Waals surface area contributed by atoms with Crippen molar-refractivity contribution in [2.24, 2.45) is 0 Å². The zero-order valence-corrected chi connectivity index (χ0v) is 21.1. The van der Waals surface area contributed by atoms with Gasteiger partial charge < -0.3 is 4.74 Å². The molecule has 0 saturated carbocycles. The molecule has 0 fully saturated rings. The van der Waals surface area contributed by atoms with Crippen LogP contribution >= 0.6 is 0 Å². The molecule has 0 bridgehead atoms. The van der Waals surface area contributed by atoms with Gasteiger partial charge in [0.25, 0.3) is 27.7 Å².